The zero-order valence-corrected chi connectivity index (χ0v) is 14.5. The highest BCUT2D eigenvalue weighted by Gasteiger charge is 2.31. The van der Waals surface area contributed by atoms with Crippen molar-refractivity contribution in [3.8, 4) is 16.9 Å². The van der Waals surface area contributed by atoms with Gasteiger partial charge in [-0.25, -0.2) is 4.68 Å². The second-order valence-corrected chi connectivity index (χ2v) is 6.56. The van der Waals surface area contributed by atoms with Crippen LogP contribution in [0.4, 0.5) is 19.0 Å². The number of alkyl halides is 3. The molecular weight excluding hydrogens is 339 g/mol. The Kier molecular flexibility index (Phi) is 3.79. The van der Waals surface area contributed by atoms with Crippen LogP contribution in [0.3, 0.4) is 0 Å². The summed E-state index contributed by atoms with van der Waals surface area (Å²) in [4.78, 5) is 0. The number of aromatic nitrogens is 2. The maximum Gasteiger partial charge on any atom is 0.416 e. The lowest BCUT2D eigenvalue weighted by Gasteiger charge is -2.11. The predicted octanol–water partition coefficient (Wildman–Crippen LogP) is 5.14. The van der Waals surface area contributed by atoms with E-state index in [1.54, 1.807) is 6.07 Å². The van der Waals surface area contributed by atoms with Crippen LogP contribution in [-0.2, 0) is 12.6 Å². The fourth-order valence-electron chi connectivity index (χ4n) is 3.39. The lowest BCUT2D eigenvalue weighted by Crippen LogP contribution is -2.07. The molecule has 1 aliphatic heterocycles. The molecule has 134 valence electrons. The quantitative estimate of drug-likeness (QED) is 0.688. The third-order valence-electron chi connectivity index (χ3n) is 4.92. The Morgan fingerprint density at radius 2 is 1.85 bits per heavy atom. The van der Waals surface area contributed by atoms with Crippen molar-refractivity contribution in [1.29, 1.82) is 0 Å². The third-order valence-corrected chi connectivity index (χ3v) is 4.92. The van der Waals surface area contributed by atoms with Gasteiger partial charge < -0.3 is 5.32 Å². The molecule has 0 amide bonds. The van der Waals surface area contributed by atoms with E-state index in [1.165, 1.54) is 12.1 Å². The van der Waals surface area contributed by atoms with Gasteiger partial charge in [-0.05, 0) is 49.6 Å². The van der Waals surface area contributed by atoms with E-state index in [0.29, 0.717) is 11.3 Å². The molecule has 1 N–H and O–H groups in total. The van der Waals surface area contributed by atoms with Crippen molar-refractivity contribution in [2.24, 2.45) is 0 Å². The Morgan fingerprint density at radius 3 is 2.62 bits per heavy atom. The van der Waals surface area contributed by atoms with Gasteiger partial charge in [-0.1, -0.05) is 24.3 Å². The first-order valence-corrected chi connectivity index (χ1v) is 8.46. The molecule has 0 saturated heterocycles. The molecule has 0 unspecified atom stereocenters. The van der Waals surface area contributed by atoms with E-state index in [4.69, 9.17) is 0 Å². The van der Waals surface area contributed by atoms with Crippen LogP contribution in [-0.4, -0.2) is 16.3 Å². The lowest BCUT2D eigenvalue weighted by atomic mass is 10.0. The van der Waals surface area contributed by atoms with Crippen molar-refractivity contribution in [2.45, 2.75) is 26.4 Å². The molecule has 2 heterocycles. The van der Waals surface area contributed by atoms with Gasteiger partial charge in [0.15, 0.2) is 0 Å². The standard InChI is InChI=1S/C20H18F3N3/c1-12-5-3-8-17(13(12)2)26-19-16(9-10-24-19)18(25-26)14-6-4-7-15(11-14)20(21,22)23/h3-8,11,24H,9-10H2,1-2H3. The third kappa shape index (κ3) is 2.66. The summed E-state index contributed by atoms with van der Waals surface area (Å²) >= 11 is 0. The van der Waals surface area contributed by atoms with Crippen LogP contribution in [0.15, 0.2) is 42.5 Å². The van der Waals surface area contributed by atoms with Gasteiger partial charge in [-0.15, -0.1) is 0 Å². The number of rotatable bonds is 2. The van der Waals surface area contributed by atoms with Gasteiger partial charge in [-0.3, -0.25) is 0 Å². The fourth-order valence-corrected chi connectivity index (χ4v) is 3.39. The molecule has 0 fully saturated rings. The minimum atomic E-state index is -4.37. The second-order valence-electron chi connectivity index (χ2n) is 6.56. The molecule has 3 aromatic rings. The Labute approximate surface area is 149 Å². The molecule has 4 rings (SSSR count). The topological polar surface area (TPSA) is 29.9 Å². The molecule has 0 atom stereocenters. The van der Waals surface area contributed by atoms with Crippen LogP contribution in [0.5, 0.6) is 0 Å². The van der Waals surface area contributed by atoms with Crippen molar-refractivity contribution < 1.29 is 13.2 Å². The molecule has 1 aromatic heterocycles. The monoisotopic (exact) mass is 357 g/mol. The van der Waals surface area contributed by atoms with Gasteiger partial charge in [-0.2, -0.15) is 18.3 Å². The number of fused-ring (bicyclic) bond motifs is 1. The SMILES string of the molecule is Cc1cccc(-n2nc(-c3cccc(C(F)(F)F)c3)c3c2NCC3)c1C. The molecule has 2 aromatic carbocycles. The molecule has 1 aliphatic rings. The molecule has 3 nitrogen and oxygen atoms in total. The van der Waals surface area contributed by atoms with Crippen molar-refractivity contribution in [3.63, 3.8) is 0 Å². The second kappa shape index (κ2) is 5.90. The molecule has 0 saturated carbocycles. The average molecular weight is 357 g/mol. The maximum atomic E-state index is 13.1. The van der Waals surface area contributed by atoms with Gasteiger partial charge in [0.1, 0.15) is 5.82 Å². The Balaban J connectivity index is 1.89. The summed E-state index contributed by atoms with van der Waals surface area (Å²) in [7, 11) is 0. The molecule has 0 spiro atoms. The Bertz CT molecular complexity index is 986. The van der Waals surface area contributed by atoms with Crippen LogP contribution >= 0.6 is 0 Å². The average Bonchev–Trinajstić information content (AvgIpc) is 3.19. The van der Waals surface area contributed by atoms with Crippen molar-refractivity contribution in [3.05, 3.63) is 64.7 Å². The summed E-state index contributed by atoms with van der Waals surface area (Å²) in [6.45, 7) is 4.81. The van der Waals surface area contributed by atoms with E-state index in [2.05, 4.69) is 10.4 Å². The van der Waals surface area contributed by atoms with Gasteiger partial charge in [0.2, 0.25) is 0 Å². The van der Waals surface area contributed by atoms with Crippen LogP contribution in [0.2, 0.25) is 0 Å². The minimum Gasteiger partial charge on any atom is -0.369 e. The van der Waals surface area contributed by atoms with Gasteiger partial charge in [0.05, 0.1) is 16.9 Å². The molecule has 6 heteroatoms. The summed E-state index contributed by atoms with van der Waals surface area (Å²) < 4.78 is 41.1. The summed E-state index contributed by atoms with van der Waals surface area (Å²) in [6.07, 6.45) is -3.63. The smallest absolute Gasteiger partial charge is 0.369 e. The van der Waals surface area contributed by atoms with Gasteiger partial charge in [0.25, 0.3) is 0 Å². The number of benzene rings is 2. The normalized spacial score (nSPS) is 13.6. The first kappa shape index (κ1) is 16.7. The largest absolute Gasteiger partial charge is 0.416 e. The van der Waals surface area contributed by atoms with Crippen LogP contribution < -0.4 is 5.32 Å². The Hall–Kier alpha value is -2.76. The zero-order valence-electron chi connectivity index (χ0n) is 14.5. The summed E-state index contributed by atoms with van der Waals surface area (Å²) in [5.41, 5.74) is 4.59. The number of hydrogen-bond acceptors (Lipinski definition) is 2. The highest BCUT2D eigenvalue weighted by Crippen LogP contribution is 2.37. The summed E-state index contributed by atoms with van der Waals surface area (Å²) in [6, 6.07) is 11.4. The highest BCUT2D eigenvalue weighted by atomic mass is 19.4. The lowest BCUT2D eigenvalue weighted by molar-refractivity contribution is -0.137. The molecule has 0 aliphatic carbocycles. The van der Waals surface area contributed by atoms with E-state index in [9.17, 15) is 13.2 Å². The number of hydrogen-bond donors (Lipinski definition) is 1. The minimum absolute atomic E-state index is 0.490. The first-order valence-electron chi connectivity index (χ1n) is 8.46. The van der Waals surface area contributed by atoms with Crippen molar-refractivity contribution >= 4 is 5.82 Å². The molecule has 0 bridgehead atoms. The van der Waals surface area contributed by atoms with Crippen LogP contribution in [0, 0.1) is 13.8 Å². The number of aryl methyl sites for hydroxylation is 1. The fraction of sp³-hybridized carbons (Fsp3) is 0.250. The van der Waals surface area contributed by atoms with E-state index in [0.717, 1.165) is 47.2 Å². The zero-order chi connectivity index (χ0) is 18.5. The molecule has 26 heavy (non-hydrogen) atoms. The summed E-state index contributed by atoms with van der Waals surface area (Å²) in [5, 5.41) is 8.01. The molecule has 0 radical (unpaired) electrons. The van der Waals surface area contributed by atoms with E-state index in [1.807, 2.05) is 36.7 Å². The number of nitrogens with one attached hydrogen (secondary N) is 1. The number of halogens is 3. The van der Waals surface area contributed by atoms with E-state index < -0.39 is 11.7 Å². The maximum absolute atomic E-state index is 13.1. The van der Waals surface area contributed by atoms with Gasteiger partial charge in [0, 0.05) is 17.7 Å². The highest BCUT2D eigenvalue weighted by molar-refractivity contribution is 5.73. The van der Waals surface area contributed by atoms with Crippen molar-refractivity contribution in [1.82, 2.24) is 9.78 Å². The van der Waals surface area contributed by atoms with Crippen molar-refractivity contribution in [2.75, 3.05) is 11.9 Å². The predicted molar refractivity (Wildman–Crippen MR) is 95.7 cm³/mol. The summed E-state index contributed by atoms with van der Waals surface area (Å²) in [5.74, 6) is 0.867. The van der Waals surface area contributed by atoms with Gasteiger partial charge >= 0.3 is 6.18 Å². The number of nitrogens with zero attached hydrogens (tertiary/aromatic N) is 2. The van der Waals surface area contributed by atoms with Crippen LogP contribution in [0.25, 0.3) is 16.9 Å². The Morgan fingerprint density at radius 1 is 1.08 bits per heavy atom. The van der Waals surface area contributed by atoms with Crippen LogP contribution in [0.1, 0.15) is 22.3 Å². The molecular formula is C20H18F3N3. The number of anilines is 1. The van der Waals surface area contributed by atoms with E-state index in [-0.39, 0.29) is 0 Å². The van der Waals surface area contributed by atoms with E-state index >= 15 is 0 Å². The first-order chi connectivity index (χ1) is 12.4.